The van der Waals surface area contributed by atoms with Gasteiger partial charge >= 0.3 is 0 Å². The van der Waals surface area contributed by atoms with E-state index in [0.717, 1.165) is 17.9 Å². The Morgan fingerprint density at radius 3 is 2.74 bits per heavy atom. The number of benzene rings is 1. The lowest BCUT2D eigenvalue weighted by atomic mass is 10.2. The van der Waals surface area contributed by atoms with E-state index in [1.165, 1.54) is 6.07 Å². The van der Waals surface area contributed by atoms with Crippen LogP contribution in [-0.2, 0) is 16.6 Å². The molecule has 0 aliphatic rings. The van der Waals surface area contributed by atoms with Gasteiger partial charge in [0.15, 0.2) is 0 Å². The Balaban J connectivity index is 2.93. The van der Waals surface area contributed by atoms with Crippen molar-refractivity contribution >= 4 is 21.8 Å². The van der Waals surface area contributed by atoms with Crippen LogP contribution in [-0.4, -0.2) is 31.6 Å². The molecule has 0 saturated heterocycles. The molecular formula is C12H18FNO3S2. The van der Waals surface area contributed by atoms with Crippen LogP contribution in [0.5, 0.6) is 0 Å². The molecule has 1 rings (SSSR count). The van der Waals surface area contributed by atoms with Crippen LogP contribution >= 0.6 is 11.8 Å². The van der Waals surface area contributed by atoms with Crippen LogP contribution in [0.15, 0.2) is 23.1 Å². The van der Waals surface area contributed by atoms with Crippen molar-refractivity contribution in [2.24, 2.45) is 0 Å². The quantitative estimate of drug-likeness (QED) is 0.805. The molecule has 0 radical (unpaired) electrons. The monoisotopic (exact) mass is 307 g/mol. The molecule has 0 aliphatic carbocycles. The van der Waals surface area contributed by atoms with E-state index in [1.54, 1.807) is 18.7 Å². The SMILES string of the molecule is CSCCC(C)NS(=O)(=O)c1cc(CO)ccc1F. The maximum absolute atomic E-state index is 13.6. The summed E-state index contributed by atoms with van der Waals surface area (Å²) in [5, 5.41) is 8.98. The number of sulfonamides is 1. The molecule has 108 valence electrons. The van der Waals surface area contributed by atoms with Gasteiger partial charge in [-0.05, 0) is 43.0 Å². The minimum atomic E-state index is -3.90. The third-order valence-corrected chi connectivity index (χ3v) is 4.83. The van der Waals surface area contributed by atoms with Crippen LogP contribution in [0.1, 0.15) is 18.9 Å². The molecule has 1 atom stereocenters. The van der Waals surface area contributed by atoms with E-state index < -0.39 is 20.7 Å². The summed E-state index contributed by atoms with van der Waals surface area (Å²) in [4.78, 5) is -0.421. The molecule has 0 heterocycles. The van der Waals surface area contributed by atoms with Gasteiger partial charge in [0.1, 0.15) is 10.7 Å². The third-order valence-electron chi connectivity index (χ3n) is 2.58. The molecule has 0 bridgehead atoms. The summed E-state index contributed by atoms with van der Waals surface area (Å²) < 4.78 is 40.1. The van der Waals surface area contributed by atoms with Crippen molar-refractivity contribution in [2.75, 3.05) is 12.0 Å². The second-order valence-corrected chi connectivity index (χ2v) is 6.89. The predicted octanol–water partition coefficient (Wildman–Crippen LogP) is 1.74. The summed E-state index contributed by atoms with van der Waals surface area (Å²) in [7, 11) is -3.90. The first kappa shape index (κ1) is 16.4. The standard InChI is InChI=1S/C12H18FNO3S2/c1-9(5-6-18-2)14-19(16,17)12-7-10(8-15)3-4-11(12)13/h3-4,7,9,14-15H,5-6,8H2,1-2H3. The van der Waals surface area contributed by atoms with Crippen molar-refractivity contribution in [2.45, 2.75) is 30.9 Å². The molecule has 0 amide bonds. The zero-order valence-electron chi connectivity index (χ0n) is 10.9. The number of aliphatic hydroxyl groups is 1. The van der Waals surface area contributed by atoms with Crippen LogP contribution in [0.2, 0.25) is 0 Å². The molecule has 4 nitrogen and oxygen atoms in total. The Morgan fingerprint density at radius 2 is 2.16 bits per heavy atom. The first-order chi connectivity index (χ1) is 8.90. The Hall–Kier alpha value is -0.630. The lowest BCUT2D eigenvalue weighted by Crippen LogP contribution is -2.33. The van der Waals surface area contributed by atoms with Gasteiger partial charge in [0.05, 0.1) is 6.61 Å². The molecular weight excluding hydrogens is 289 g/mol. The fourth-order valence-corrected chi connectivity index (χ4v) is 3.53. The summed E-state index contributed by atoms with van der Waals surface area (Å²) in [6, 6.07) is 3.28. The average Bonchev–Trinajstić information content (AvgIpc) is 2.36. The average molecular weight is 307 g/mol. The van der Waals surface area contributed by atoms with Gasteiger partial charge in [-0.3, -0.25) is 0 Å². The molecule has 19 heavy (non-hydrogen) atoms. The largest absolute Gasteiger partial charge is 0.392 e. The molecule has 0 aliphatic heterocycles. The topological polar surface area (TPSA) is 66.4 Å². The number of nitrogens with one attached hydrogen (secondary N) is 1. The van der Waals surface area contributed by atoms with Crippen molar-refractivity contribution in [1.29, 1.82) is 0 Å². The summed E-state index contributed by atoms with van der Waals surface area (Å²) in [6.45, 7) is 1.41. The van der Waals surface area contributed by atoms with Gasteiger partial charge in [0, 0.05) is 6.04 Å². The van der Waals surface area contributed by atoms with Gasteiger partial charge in [-0.1, -0.05) is 6.07 Å². The Labute approximate surface area is 117 Å². The van der Waals surface area contributed by atoms with Gasteiger partial charge in [0.2, 0.25) is 10.0 Å². The normalized spacial score (nSPS) is 13.5. The molecule has 2 N–H and O–H groups in total. The zero-order chi connectivity index (χ0) is 14.5. The van der Waals surface area contributed by atoms with Crippen LogP contribution in [0, 0.1) is 5.82 Å². The van der Waals surface area contributed by atoms with Crippen molar-refractivity contribution in [3.63, 3.8) is 0 Å². The maximum atomic E-state index is 13.6. The van der Waals surface area contributed by atoms with Crippen LogP contribution in [0.3, 0.4) is 0 Å². The van der Waals surface area contributed by atoms with E-state index in [9.17, 15) is 12.8 Å². The van der Waals surface area contributed by atoms with E-state index in [0.29, 0.717) is 12.0 Å². The van der Waals surface area contributed by atoms with Crippen LogP contribution < -0.4 is 4.72 Å². The highest BCUT2D eigenvalue weighted by molar-refractivity contribution is 7.98. The third kappa shape index (κ3) is 4.76. The highest BCUT2D eigenvalue weighted by Crippen LogP contribution is 2.17. The maximum Gasteiger partial charge on any atom is 0.243 e. The summed E-state index contributed by atoms with van der Waals surface area (Å²) >= 11 is 1.62. The van der Waals surface area contributed by atoms with E-state index >= 15 is 0 Å². The Kier molecular flexibility index (Phi) is 6.25. The number of hydrogen-bond acceptors (Lipinski definition) is 4. The van der Waals surface area contributed by atoms with Crippen LogP contribution in [0.4, 0.5) is 4.39 Å². The minimum absolute atomic E-state index is 0.269. The fourth-order valence-electron chi connectivity index (χ4n) is 1.53. The van der Waals surface area contributed by atoms with Gasteiger partial charge < -0.3 is 5.11 Å². The van der Waals surface area contributed by atoms with E-state index in [2.05, 4.69) is 4.72 Å². The first-order valence-electron chi connectivity index (χ1n) is 5.81. The smallest absolute Gasteiger partial charge is 0.243 e. The van der Waals surface area contributed by atoms with E-state index in [-0.39, 0.29) is 12.6 Å². The second kappa shape index (κ2) is 7.23. The lowest BCUT2D eigenvalue weighted by molar-refractivity contribution is 0.281. The highest BCUT2D eigenvalue weighted by Gasteiger charge is 2.21. The van der Waals surface area contributed by atoms with Gasteiger partial charge in [0.25, 0.3) is 0 Å². The number of halogens is 1. The number of rotatable bonds is 7. The molecule has 0 fully saturated rings. The van der Waals surface area contributed by atoms with Crippen LogP contribution in [0.25, 0.3) is 0 Å². The van der Waals surface area contributed by atoms with Crippen molar-refractivity contribution in [3.05, 3.63) is 29.6 Å². The molecule has 0 saturated carbocycles. The Bertz CT molecular complexity index is 520. The summed E-state index contributed by atoms with van der Waals surface area (Å²) in [5.74, 6) is 0.00446. The van der Waals surface area contributed by atoms with Crippen molar-refractivity contribution < 1.29 is 17.9 Å². The molecule has 0 aromatic heterocycles. The molecule has 0 spiro atoms. The second-order valence-electron chi connectivity index (χ2n) is 4.23. The highest BCUT2D eigenvalue weighted by atomic mass is 32.2. The van der Waals surface area contributed by atoms with Gasteiger partial charge in [-0.15, -0.1) is 0 Å². The summed E-state index contributed by atoms with van der Waals surface area (Å²) in [6.07, 6.45) is 2.60. The van der Waals surface area contributed by atoms with E-state index in [4.69, 9.17) is 5.11 Å². The first-order valence-corrected chi connectivity index (χ1v) is 8.69. The minimum Gasteiger partial charge on any atom is -0.392 e. The van der Waals surface area contributed by atoms with Gasteiger partial charge in [-0.25, -0.2) is 17.5 Å². The molecule has 1 aromatic rings. The summed E-state index contributed by atoms with van der Waals surface area (Å²) in [5.41, 5.74) is 0.360. The van der Waals surface area contributed by atoms with E-state index in [1.807, 2.05) is 6.26 Å². The van der Waals surface area contributed by atoms with Crippen molar-refractivity contribution in [3.8, 4) is 0 Å². The lowest BCUT2D eigenvalue weighted by Gasteiger charge is -2.14. The van der Waals surface area contributed by atoms with Gasteiger partial charge in [-0.2, -0.15) is 11.8 Å². The van der Waals surface area contributed by atoms with Crippen molar-refractivity contribution in [1.82, 2.24) is 4.72 Å². The Morgan fingerprint density at radius 1 is 1.47 bits per heavy atom. The number of thioether (sulfide) groups is 1. The number of hydrogen-bond donors (Lipinski definition) is 2. The zero-order valence-corrected chi connectivity index (χ0v) is 12.5. The molecule has 1 unspecified atom stereocenters. The number of aliphatic hydroxyl groups excluding tert-OH is 1. The molecule has 7 heteroatoms. The molecule has 1 aromatic carbocycles. The fraction of sp³-hybridized carbons (Fsp3) is 0.500. The predicted molar refractivity (Wildman–Crippen MR) is 75.1 cm³/mol.